The van der Waals surface area contributed by atoms with E-state index in [2.05, 4.69) is 20.3 Å². The molecule has 1 aliphatic carbocycles. The highest BCUT2D eigenvalue weighted by Gasteiger charge is 2.39. The molecule has 0 aromatic carbocycles. The molecular weight excluding hydrogens is 327 g/mol. The van der Waals surface area contributed by atoms with Gasteiger partial charge in [0.2, 0.25) is 0 Å². The SMILES string of the molecule is CO[C@@H]1CCC[C@@H]1[C@@H]1COCCN1Cc1nnn(CC(F)(F)F)n1. The molecule has 0 amide bonds. The van der Waals surface area contributed by atoms with Gasteiger partial charge in [0.15, 0.2) is 12.4 Å². The lowest BCUT2D eigenvalue weighted by Crippen LogP contribution is -2.51. The molecule has 1 aromatic heterocycles. The molecular formula is C14H22F3N5O2. The summed E-state index contributed by atoms with van der Waals surface area (Å²) in [6.07, 6.45) is -0.932. The zero-order valence-corrected chi connectivity index (χ0v) is 13.6. The van der Waals surface area contributed by atoms with Gasteiger partial charge in [-0.15, -0.1) is 10.2 Å². The van der Waals surface area contributed by atoms with Crippen LogP contribution in [-0.2, 0) is 22.6 Å². The molecule has 3 rings (SSSR count). The van der Waals surface area contributed by atoms with Gasteiger partial charge < -0.3 is 9.47 Å². The molecule has 0 spiro atoms. The van der Waals surface area contributed by atoms with Gasteiger partial charge in [0.1, 0.15) is 0 Å². The van der Waals surface area contributed by atoms with Crippen LogP contribution in [0.15, 0.2) is 0 Å². The molecule has 2 heterocycles. The Hall–Kier alpha value is -1.26. The maximum atomic E-state index is 12.4. The van der Waals surface area contributed by atoms with Crippen molar-refractivity contribution in [1.29, 1.82) is 0 Å². The molecule has 2 fully saturated rings. The Morgan fingerprint density at radius 3 is 2.92 bits per heavy atom. The molecule has 1 aromatic rings. The first-order valence-corrected chi connectivity index (χ1v) is 8.14. The fourth-order valence-corrected chi connectivity index (χ4v) is 3.68. The molecule has 10 heteroatoms. The van der Waals surface area contributed by atoms with Crippen LogP contribution >= 0.6 is 0 Å². The van der Waals surface area contributed by atoms with Crippen LogP contribution in [-0.4, -0.2) is 70.3 Å². The zero-order chi connectivity index (χ0) is 17.2. The molecule has 7 nitrogen and oxygen atoms in total. The molecule has 1 aliphatic heterocycles. The second-order valence-corrected chi connectivity index (χ2v) is 6.33. The van der Waals surface area contributed by atoms with Gasteiger partial charge >= 0.3 is 6.18 Å². The third-order valence-electron chi connectivity index (χ3n) is 4.74. The van der Waals surface area contributed by atoms with Gasteiger partial charge in [0, 0.05) is 25.6 Å². The average molecular weight is 349 g/mol. The van der Waals surface area contributed by atoms with Crippen LogP contribution in [0.5, 0.6) is 0 Å². The number of morpholine rings is 1. The van der Waals surface area contributed by atoms with Crippen molar-refractivity contribution in [3.8, 4) is 0 Å². The van der Waals surface area contributed by atoms with Gasteiger partial charge in [-0.25, -0.2) is 0 Å². The summed E-state index contributed by atoms with van der Waals surface area (Å²) < 4.78 is 48.4. The molecule has 2 aliphatic rings. The van der Waals surface area contributed by atoms with Crippen LogP contribution in [0.25, 0.3) is 0 Å². The van der Waals surface area contributed by atoms with Crippen LogP contribution in [0.3, 0.4) is 0 Å². The van der Waals surface area contributed by atoms with E-state index in [0.29, 0.717) is 42.8 Å². The topological polar surface area (TPSA) is 65.3 Å². The number of nitrogens with zero attached hydrogens (tertiary/aromatic N) is 5. The van der Waals surface area contributed by atoms with E-state index in [-0.39, 0.29) is 12.1 Å². The first-order valence-electron chi connectivity index (χ1n) is 8.14. The third-order valence-corrected chi connectivity index (χ3v) is 4.74. The largest absolute Gasteiger partial charge is 0.409 e. The van der Waals surface area contributed by atoms with E-state index in [1.165, 1.54) is 0 Å². The van der Waals surface area contributed by atoms with Crippen LogP contribution < -0.4 is 0 Å². The summed E-state index contributed by atoms with van der Waals surface area (Å²) in [5.74, 6) is 0.665. The fraction of sp³-hybridized carbons (Fsp3) is 0.929. The molecule has 0 N–H and O–H groups in total. The van der Waals surface area contributed by atoms with Gasteiger partial charge in [0.05, 0.1) is 25.9 Å². The van der Waals surface area contributed by atoms with Gasteiger partial charge in [-0.2, -0.15) is 18.0 Å². The minimum atomic E-state index is -4.35. The smallest absolute Gasteiger partial charge is 0.381 e. The van der Waals surface area contributed by atoms with Crippen molar-refractivity contribution >= 4 is 0 Å². The summed E-state index contributed by atoms with van der Waals surface area (Å²) >= 11 is 0. The molecule has 0 bridgehead atoms. The summed E-state index contributed by atoms with van der Waals surface area (Å²) in [5, 5.41) is 11.1. The van der Waals surface area contributed by atoms with Gasteiger partial charge in [-0.1, -0.05) is 6.42 Å². The predicted molar refractivity (Wildman–Crippen MR) is 77.0 cm³/mol. The monoisotopic (exact) mass is 349 g/mol. The number of ether oxygens (including phenoxy) is 2. The molecule has 3 atom stereocenters. The van der Waals surface area contributed by atoms with Crippen LogP contribution in [0.4, 0.5) is 13.2 Å². The minimum Gasteiger partial charge on any atom is -0.381 e. The molecule has 1 saturated heterocycles. The van der Waals surface area contributed by atoms with Crippen molar-refractivity contribution in [3.63, 3.8) is 0 Å². The maximum Gasteiger partial charge on any atom is 0.409 e. The second-order valence-electron chi connectivity index (χ2n) is 6.33. The Morgan fingerprint density at radius 2 is 2.17 bits per heavy atom. The number of methoxy groups -OCH3 is 1. The van der Waals surface area contributed by atoms with E-state index in [0.717, 1.165) is 19.3 Å². The Bertz CT molecular complexity index is 539. The van der Waals surface area contributed by atoms with E-state index in [9.17, 15) is 13.2 Å². The predicted octanol–water partition coefficient (Wildman–Crippen LogP) is 1.25. The van der Waals surface area contributed by atoms with Crippen molar-refractivity contribution in [1.82, 2.24) is 25.1 Å². The normalized spacial score (nSPS) is 29.2. The Morgan fingerprint density at radius 1 is 1.33 bits per heavy atom. The van der Waals surface area contributed by atoms with E-state index >= 15 is 0 Å². The number of aromatic nitrogens is 4. The first-order chi connectivity index (χ1) is 11.5. The number of hydrogen-bond acceptors (Lipinski definition) is 6. The van der Waals surface area contributed by atoms with Crippen molar-refractivity contribution in [2.75, 3.05) is 26.9 Å². The lowest BCUT2D eigenvalue weighted by Gasteiger charge is -2.40. The van der Waals surface area contributed by atoms with Gasteiger partial charge in [-0.05, 0) is 18.1 Å². The summed E-state index contributed by atoms with van der Waals surface area (Å²) in [6, 6.07) is 0.167. The average Bonchev–Trinajstić information content (AvgIpc) is 3.15. The van der Waals surface area contributed by atoms with Crippen LogP contribution in [0.2, 0.25) is 0 Å². The third kappa shape index (κ3) is 4.22. The highest BCUT2D eigenvalue weighted by molar-refractivity contribution is 4.92. The minimum absolute atomic E-state index is 0.167. The van der Waals surface area contributed by atoms with Gasteiger partial charge in [0.25, 0.3) is 0 Å². The van der Waals surface area contributed by atoms with Crippen molar-refractivity contribution in [2.45, 2.75) is 50.7 Å². The van der Waals surface area contributed by atoms with E-state index in [1.54, 1.807) is 7.11 Å². The number of alkyl halides is 3. The van der Waals surface area contributed by atoms with Crippen molar-refractivity contribution < 1.29 is 22.6 Å². The van der Waals surface area contributed by atoms with Gasteiger partial charge in [-0.3, -0.25) is 4.90 Å². The zero-order valence-electron chi connectivity index (χ0n) is 13.6. The lowest BCUT2D eigenvalue weighted by atomic mass is 9.94. The fourth-order valence-electron chi connectivity index (χ4n) is 3.68. The highest BCUT2D eigenvalue weighted by atomic mass is 19.4. The summed E-state index contributed by atoms with van der Waals surface area (Å²) in [5.41, 5.74) is 0. The standard InChI is InChI=1S/C14H22F3N5O2/c1-23-12-4-2-3-10(12)11-8-24-6-5-21(11)7-13-18-20-22(19-13)9-14(15,16)17/h10-12H,2-9H2,1H3/t10-,11+,12-/m1/s1. The van der Waals surface area contributed by atoms with Crippen molar-refractivity contribution in [2.24, 2.45) is 5.92 Å². The second kappa shape index (κ2) is 7.32. The molecule has 0 radical (unpaired) electrons. The van der Waals surface area contributed by atoms with Crippen molar-refractivity contribution in [3.05, 3.63) is 5.82 Å². The first kappa shape index (κ1) is 17.6. The Balaban J connectivity index is 1.66. The summed E-state index contributed by atoms with van der Waals surface area (Å²) in [4.78, 5) is 2.78. The molecule has 136 valence electrons. The molecule has 24 heavy (non-hydrogen) atoms. The maximum absolute atomic E-state index is 12.4. The summed E-state index contributed by atoms with van der Waals surface area (Å²) in [6.45, 7) is 1.05. The van der Waals surface area contributed by atoms with Crippen LogP contribution in [0, 0.1) is 5.92 Å². The van der Waals surface area contributed by atoms with E-state index in [1.807, 2.05) is 0 Å². The Labute approximate surface area is 138 Å². The molecule has 0 unspecified atom stereocenters. The molecule has 1 saturated carbocycles. The summed E-state index contributed by atoms with van der Waals surface area (Å²) in [7, 11) is 1.72. The number of hydrogen-bond donors (Lipinski definition) is 0. The Kier molecular flexibility index (Phi) is 5.36. The van der Waals surface area contributed by atoms with E-state index < -0.39 is 12.7 Å². The lowest BCUT2D eigenvalue weighted by molar-refractivity contribution is -0.145. The number of halogens is 3. The highest BCUT2D eigenvalue weighted by Crippen LogP contribution is 2.34. The number of tetrazole rings is 1. The quantitative estimate of drug-likeness (QED) is 0.797. The van der Waals surface area contributed by atoms with Crippen LogP contribution in [0.1, 0.15) is 25.1 Å². The van der Waals surface area contributed by atoms with E-state index in [4.69, 9.17) is 9.47 Å². The number of rotatable bonds is 5.